The Morgan fingerprint density at radius 1 is 0.955 bits per heavy atom. The number of carbonyl (C=O) groups excluding carboxylic acids is 3. The Kier molecular flexibility index (Phi) is 3.61. The molecule has 0 aromatic carbocycles. The molecular weight excluding hydrogens is 300 g/mol. The Hall–Kier alpha value is -2.71. The van der Waals surface area contributed by atoms with Gasteiger partial charge in [0.15, 0.2) is 11.5 Å². The molecule has 0 aromatic heterocycles. The molecule has 2 heterocycles. The van der Waals surface area contributed by atoms with E-state index in [1.807, 2.05) is 0 Å². The van der Waals surface area contributed by atoms with E-state index in [2.05, 4.69) is 9.47 Å². The minimum absolute atomic E-state index is 0.0631. The fraction of sp³-hybridized carbons (Fsp3) is 0.462. The lowest BCUT2D eigenvalue weighted by Crippen LogP contribution is -2.26. The predicted molar refractivity (Wildman–Crippen MR) is 64.4 cm³/mol. The van der Waals surface area contributed by atoms with E-state index in [1.165, 1.54) is 6.92 Å². The van der Waals surface area contributed by atoms with Gasteiger partial charge in [-0.25, -0.2) is 14.4 Å². The first-order valence-electron chi connectivity index (χ1n) is 6.67. The summed E-state index contributed by atoms with van der Waals surface area (Å²) in [5.41, 5.74) is 0. The molecule has 22 heavy (non-hydrogen) atoms. The van der Waals surface area contributed by atoms with Gasteiger partial charge in [-0.1, -0.05) is 12.8 Å². The van der Waals surface area contributed by atoms with Crippen LogP contribution in [-0.2, 0) is 28.4 Å². The van der Waals surface area contributed by atoms with Crippen molar-refractivity contribution in [2.24, 2.45) is 5.92 Å². The maximum Gasteiger partial charge on any atom is 0.524 e. The molecule has 3 rings (SSSR count). The van der Waals surface area contributed by atoms with Crippen molar-refractivity contribution in [2.45, 2.75) is 32.6 Å². The molecule has 2 saturated heterocycles. The number of rotatable bonds is 3. The van der Waals surface area contributed by atoms with E-state index >= 15 is 0 Å². The van der Waals surface area contributed by atoms with Gasteiger partial charge in [-0.2, -0.15) is 0 Å². The minimum Gasteiger partial charge on any atom is -0.392 e. The number of hydrogen-bond donors (Lipinski definition) is 0. The van der Waals surface area contributed by atoms with Gasteiger partial charge in [0.25, 0.3) is 0 Å². The van der Waals surface area contributed by atoms with Crippen molar-refractivity contribution >= 4 is 18.5 Å². The summed E-state index contributed by atoms with van der Waals surface area (Å²) in [6, 6.07) is 0. The molecule has 0 radical (unpaired) electrons. The first kappa shape index (κ1) is 14.2. The molecule has 9 nitrogen and oxygen atoms in total. The summed E-state index contributed by atoms with van der Waals surface area (Å²) >= 11 is 0. The Bertz CT molecular complexity index is 575. The van der Waals surface area contributed by atoms with Gasteiger partial charge in [-0.15, -0.1) is 0 Å². The van der Waals surface area contributed by atoms with E-state index < -0.39 is 18.5 Å². The molecule has 0 aromatic rings. The summed E-state index contributed by atoms with van der Waals surface area (Å²) in [7, 11) is 0. The van der Waals surface area contributed by atoms with Gasteiger partial charge in [0.05, 0.1) is 0 Å². The monoisotopic (exact) mass is 312 g/mol. The van der Waals surface area contributed by atoms with E-state index in [1.54, 1.807) is 0 Å². The van der Waals surface area contributed by atoms with Crippen LogP contribution in [0.3, 0.4) is 0 Å². The van der Waals surface area contributed by atoms with Crippen molar-refractivity contribution in [3.05, 3.63) is 23.4 Å². The lowest BCUT2D eigenvalue weighted by Gasteiger charge is -2.22. The first-order chi connectivity index (χ1) is 10.5. The first-order valence-corrected chi connectivity index (χ1v) is 6.67. The summed E-state index contributed by atoms with van der Waals surface area (Å²) in [6.45, 7) is 1.37. The van der Waals surface area contributed by atoms with Crippen LogP contribution in [0.5, 0.6) is 0 Å². The normalized spacial score (nSPS) is 19.9. The quantitative estimate of drug-likeness (QED) is 0.441. The second-order valence-corrected chi connectivity index (χ2v) is 4.84. The fourth-order valence-corrected chi connectivity index (χ4v) is 2.32. The van der Waals surface area contributed by atoms with Crippen molar-refractivity contribution in [3.63, 3.8) is 0 Å². The molecule has 1 saturated carbocycles. The van der Waals surface area contributed by atoms with Crippen LogP contribution in [0.25, 0.3) is 0 Å². The molecule has 3 aliphatic rings. The highest BCUT2D eigenvalue weighted by molar-refractivity contribution is 5.70. The molecule has 0 unspecified atom stereocenters. The average molecular weight is 312 g/mol. The van der Waals surface area contributed by atoms with Crippen LogP contribution >= 0.6 is 0 Å². The topological polar surface area (TPSA) is 107 Å². The summed E-state index contributed by atoms with van der Waals surface area (Å²) in [5, 5.41) is 0. The number of ether oxygens (including phenoxy) is 6. The number of hydrogen-bond acceptors (Lipinski definition) is 9. The highest BCUT2D eigenvalue weighted by Gasteiger charge is 2.37. The molecule has 2 aliphatic heterocycles. The summed E-state index contributed by atoms with van der Waals surface area (Å²) in [4.78, 5) is 33.0. The highest BCUT2D eigenvalue weighted by Crippen LogP contribution is 2.36. The Balaban J connectivity index is 1.64. The van der Waals surface area contributed by atoms with Crippen LogP contribution in [-0.4, -0.2) is 18.5 Å². The second-order valence-electron chi connectivity index (χ2n) is 4.84. The minimum atomic E-state index is -1.07. The summed E-state index contributed by atoms with van der Waals surface area (Å²) in [6.07, 6.45) is 0.714. The lowest BCUT2D eigenvalue weighted by molar-refractivity contribution is -0.0471. The van der Waals surface area contributed by atoms with Crippen molar-refractivity contribution in [1.82, 2.24) is 0 Å². The zero-order chi connectivity index (χ0) is 15.7. The molecule has 1 aliphatic carbocycles. The zero-order valence-corrected chi connectivity index (χ0v) is 11.6. The van der Waals surface area contributed by atoms with Gasteiger partial charge >= 0.3 is 30.4 Å². The molecular formula is C13H12O9. The molecule has 118 valence electrons. The van der Waals surface area contributed by atoms with Crippen molar-refractivity contribution in [1.29, 1.82) is 0 Å². The third-order valence-electron chi connectivity index (χ3n) is 3.35. The third-order valence-corrected chi connectivity index (χ3v) is 3.35. The molecule has 0 bridgehead atoms. The largest absolute Gasteiger partial charge is 0.524 e. The van der Waals surface area contributed by atoms with E-state index in [0.29, 0.717) is 0 Å². The Morgan fingerprint density at radius 3 is 2.05 bits per heavy atom. The highest BCUT2D eigenvalue weighted by atomic mass is 16.9. The van der Waals surface area contributed by atoms with Crippen LogP contribution in [0.4, 0.5) is 14.4 Å². The van der Waals surface area contributed by atoms with Crippen molar-refractivity contribution in [3.8, 4) is 0 Å². The van der Waals surface area contributed by atoms with Crippen LogP contribution in [0.1, 0.15) is 32.6 Å². The van der Waals surface area contributed by atoms with E-state index in [-0.39, 0.29) is 29.3 Å². The Morgan fingerprint density at radius 2 is 1.50 bits per heavy atom. The van der Waals surface area contributed by atoms with Crippen LogP contribution in [0.2, 0.25) is 0 Å². The molecule has 0 spiro atoms. The smallest absolute Gasteiger partial charge is 0.392 e. The molecule has 0 atom stereocenters. The van der Waals surface area contributed by atoms with E-state index in [0.717, 1.165) is 25.7 Å². The maximum absolute atomic E-state index is 11.8. The van der Waals surface area contributed by atoms with Crippen LogP contribution < -0.4 is 0 Å². The van der Waals surface area contributed by atoms with Gasteiger partial charge in [-0.3, -0.25) is 0 Å². The van der Waals surface area contributed by atoms with Gasteiger partial charge in [0.1, 0.15) is 0 Å². The van der Waals surface area contributed by atoms with Crippen LogP contribution in [0.15, 0.2) is 23.4 Å². The van der Waals surface area contributed by atoms with E-state index in [4.69, 9.17) is 18.9 Å². The standard InChI is InChI=1S/C13H12O9/c1-6(9-19-12(15)20-9)17-11(14)18-8(7-4-2-3-5-7)10-21-13(16)22-10/h7H,2-5H2,1H3. The predicted octanol–water partition coefficient (Wildman–Crippen LogP) is 3.02. The Labute approximate surface area is 124 Å². The fourth-order valence-electron chi connectivity index (χ4n) is 2.32. The average Bonchev–Trinajstić information content (AvgIpc) is 2.91. The molecule has 3 fully saturated rings. The molecule has 0 N–H and O–H groups in total. The van der Waals surface area contributed by atoms with Gasteiger partial charge in [0.2, 0.25) is 0 Å². The molecule has 0 amide bonds. The summed E-state index contributed by atoms with van der Waals surface area (Å²) in [5.74, 6) is -0.339. The van der Waals surface area contributed by atoms with Crippen molar-refractivity contribution in [2.75, 3.05) is 0 Å². The SMILES string of the molecule is CC(OC(=O)OC(=C1OC(=O)O1)C1CCCC1)=C1OC(=O)O1. The second kappa shape index (κ2) is 5.58. The zero-order valence-electron chi connectivity index (χ0n) is 11.6. The maximum atomic E-state index is 11.8. The third kappa shape index (κ3) is 2.83. The van der Waals surface area contributed by atoms with Gasteiger partial charge in [-0.05, 0) is 12.8 Å². The van der Waals surface area contributed by atoms with Crippen LogP contribution in [0, 0.1) is 5.92 Å². The number of carbonyl (C=O) groups is 3. The summed E-state index contributed by atoms with van der Waals surface area (Å²) < 4.78 is 28.3. The van der Waals surface area contributed by atoms with E-state index in [9.17, 15) is 14.4 Å². The number of cyclic esters (lactones) is 4. The molecule has 9 heteroatoms. The number of allylic oxidation sites excluding steroid dienone is 2. The van der Waals surface area contributed by atoms with Gasteiger partial charge in [0, 0.05) is 12.8 Å². The van der Waals surface area contributed by atoms with Crippen molar-refractivity contribution < 1.29 is 42.8 Å². The lowest BCUT2D eigenvalue weighted by atomic mass is 10.1. The van der Waals surface area contributed by atoms with Gasteiger partial charge < -0.3 is 28.4 Å².